The molecule has 2 aliphatic rings. The van der Waals surface area contributed by atoms with Gasteiger partial charge in [0.1, 0.15) is 0 Å². The van der Waals surface area contributed by atoms with Crippen molar-refractivity contribution in [2.45, 2.75) is 12.8 Å². The Morgan fingerprint density at radius 2 is 1.96 bits per heavy atom. The summed E-state index contributed by atoms with van der Waals surface area (Å²) in [5, 5.41) is 11.6. The number of anilines is 4. The van der Waals surface area contributed by atoms with Crippen molar-refractivity contribution in [1.82, 2.24) is 15.2 Å². The number of rotatable bonds is 3. The van der Waals surface area contributed by atoms with Gasteiger partial charge in [-0.1, -0.05) is 18.2 Å². The van der Waals surface area contributed by atoms with E-state index >= 15 is 0 Å². The number of nitrogens with one attached hydrogen (secondary N) is 1. The molecule has 0 aliphatic carbocycles. The fourth-order valence-electron chi connectivity index (χ4n) is 3.33. The summed E-state index contributed by atoms with van der Waals surface area (Å²) in [6.45, 7) is 1.14. The van der Waals surface area contributed by atoms with Crippen molar-refractivity contribution >= 4 is 23.1 Å². The minimum absolute atomic E-state index is 0.256. The van der Waals surface area contributed by atoms with Gasteiger partial charge in [0.2, 0.25) is 6.79 Å². The largest absolute Gasteiger partial charge is 0.454 e. The number of nitrogens with zero attached hydrogens (tertiary/aromatic N) is 4. The maximum Gasteiger partial charge on any atom is 0.251 e. The first-order chi connectivity index (χ1) is 12.9. The molecular formula is C19H17N5O2. The second kappa shape index (κ2) is 6.18. The number of para-hydroxylation sites is 1. The van der Waals surface area contributed by atoms with Crippen LogP contribution in [-0.2, 0) is 6.42 Å². The second-order valence-electron chi connectivity index (χ2n) is 6.22. The zero-order chi connectivity index (χ0) is 17.3. The van der Waals surface area contributed by atoms with Crippen LogP contribution < -0.4 is 19.7 Å². The molecule has 130 valence electrons. The Bertz CT molecular complexity index is 962. The molecule has 3 heterocycles. The van der Waals surface area contributed by atoms with E-state index in [1.54, 1.807) is 6.20 Å². The highest BCUT2D eigenvalue weighted by Gasteiger charge is 2.20. The molecule has 0 fully saturated rings. The van der Waals surface area contributed by atoms with E-state index in [2.05, 4.69) is 43.6 Å². The van der Waals surface area contributed by atoms with Crippen LogP contribution in [0.5, 0.6) is 11.5 Å². The zero-order valence-corrected chi connectivity index (χ0v) is 14.1. The van der Waals surface area contributed by atoms with Crippen LogP contribution in [0.3, 0.4) is 0 Å². The molecule has 0 radical (unpaired) electrons. The van der Waals surface area contributed by atoms with Crippen LogP contribution in [0, 0.1) is 0 Å². The number of fused-ring (bicyclic) bond motifs is 2. The zero-order valence-electron chi connectivity index (χ0n) is 14.1. The van der Waals surface area contributed by atoms with Crippen molar-refractivity contribution in [3.63, 3.8) is 0 Å². The third-order valence-corrected chi connectivity index (χ3v) is 4.54. The Morgan fingerprint density at radius 1 is 1.04 bits per heavy atom. The molecular weight excluding hydrogens is 330 g/mol. The van der Waals surface area contributed by atoms with Crippen LogP contribution in [0.25, 0.3) is 0 Å². The molecule has 7 heteroatoms. The molecule has 0 amide bonds. The third-order valence-electron chi connectivity index (χ3n) is 4.54. The molecule has 3 aromatic rings. The molecule has 1 aromatic heterocycles. The Kier molecular flexibility index (Phi) is 3.55. The van der Waals surface area contributed by atoms with Crippen molar-refractivity contribution < 1.29 is 9.47 Å². The first-order valence-corrected chi connectivity index (χ1v) is 8.59. The van der Waals surface area contributed by atoms with Crippen molar-refractivity contribution in [2.75, 3.05) is 23.6 Å². The lowest BCUT2D eigenvalue weighted by atomic mass is 10.0. The van der Waals surface area contributed by atoms with Gasteiger partial charge in [0.05, 0.1) is 6.20 Å². The van der Waals surface area contributed by atoms with Crippen LogP contribution in [0.15, 0.2) is 48.7 Å². The third kappa shape index (κ3) is 2.67. The number of benzene rings is 2. The SMILES string of the molecule is c1ccc2c(c1)CCCN2c1nncc(Nc2ccc3c(c2)OCO3)n1. The predicted molar refractivity (Wildman–Crippen MR) is 97.4 cm³/mol. The van der Waals surface area contributed by atoms with Gasteiger partial charge in [-0.05, 0) is 36.6 Å². The normalized spacial score (nSPS) is 14.8. The van der Waals surface area contributed by atoms with Crippen LogP contribution in [-0.4, -0.2) is 28.5 Å². The van der Waals surface area contributed by atoms with Gasteiger partial charge in [0.15, 0.2) is 17.3 Å². The maximum absolute atomic E-state index is 5.42. The van der Waals surface area contributed by atoms with E-state index in [9.17, 15) is 0 Å². The van der Waals surface area contributed by atoms with Crippen molar-refractivity contribution in [3.05, 3.63) is 54.2 Å². The summed E-state index contributed by atoms with van der Waals surface area (Å²) in [7, 11) is 0. The second-order valence-corrected chi connectivity index (χ2v) is 6.22. The fraction of sp³-hybridized carbons (Fsp3) is 0.211. The highest BCUT2D eigenvalue weighted by atomic mass is 16.7. The highest BCUT2D eigenvalue weighted by Crippen LogP contribution is 2.35. The number of aryl methyl sites for hydroxylation is 1. The van der Waals surface area contributed by atoms with Gasteiger partial charge in [-0.15, -0.1) is 5.10 Å². The smallest absolute Gasteiger partial charge is 0.251 e. The summed E-state index contributed by atoms with van der Waals surface area (Å²) in [6.07, 6.45) is 3.76. The van der Waals surface area contributed by atoms with Gasteiger partial charge in [-0.3, -0.25) is 0 Å². The van der Waals surface area contributed by atoms with Gasteiger partial charge in [-0.25, -0.2) is 0 Å². The first-order valence-electron chi connectivity index (χ1n) is 8.59. The lowest BCUT2D eigenvalue weighted by Crippen LogP contribution is -2.26. The predicted octanol–water partition coefficient (Wildman–Crippen LogP) is 3.43. The summed E-state index contributed by atoms with van der Waals surface area (Å²) in [6, 6.07) is 14.1. The van der Waals surface area contributed by atoms with Crippen molar-refractivity contribution in [2.24, 2.45) is 0 Å². The topological polar surface area (TPSA) is 72.4 Å². The molecule has 1 N–H and O–H groups in total. The summed E-state index contributed by atoms with van der Waals surface area (Å²) in [5.41, 5.74) is 3.33. The summed E-state index contributed by atoms with van der Waals surface area (Å²) < 4.78 is 10.8. The minimum atomic E-state index is 0.256. The molecule has 7 nitrogen and oxygen atoms in total. The lowest BCUT2D eigenvalue weighted by Gasteiger charge is -2.29. The van der Waals surface area contributed by atoms with Crippen molar-refractivity contribution in [1.29, 1.82) is 0 Å². The summed E-state index contributed by atoms with van der Waals surface area (Å²) in [5.74, 6) is 2.71. The Morgan fingerprint density at radius 3 is 2.96 bits per heavy atom. The van der Waals surface area contributed by atoms with Gasteiger partial charge >= 0.3 is 0 Å². The molecule has 0 bridgehead atoms. The molecule has 0 unspecified atom stereocenters. The van der Waals surface area contributed by atoms with Crippen LogP contribution >= 0.6 is 0 Å². The molecule has 0 atom stereocenters. The lowest BCUT2D eigenvalue weighted by molar-refractivity contribution is 0.174. The number of aromatic nitrogens is 3. The standard InChI is InChI=1S/C19H17N5O2/c1-2-6-15-13(4-1)5-3-9-24(15)19-22-18(11-20-23-19)21-14-7-8-16-17(10-14)26-12-25-16/h1-2,4,6-8,10-11H,3,5,9,12H2,(H,21,22,23). The maximum atomic E-state index is 5.42. The Balaban J connectivity index is 1.43. The fourth-order valence-corrected chi connectivity index (χ4v) is 3.33. The highest BCUT2D eigenvalue weighted by molar-refractivity contribution is 5.65. The molecule has 26 heavy (non-hydrogen) atoms. The van der Waals surface area contributed by atoms with Crippen LogP contribution in [0.2, 0.25) is 0 Å². The van der Waals surface area contributed by atoms with Gasteiger partial charge in [0, 0.05) is 24.0 Å². The molecule has 0 spiro atoms. The van der Waals surface area contributed by atoms with Crippen LogP contribution in [0.4, 0.5) is 23.1 Å². The summed E-state index contributed by atoms with van der Waals surface area (Å²) in [4.78, 5) is 6.77. The van der Waals surface area contributed by atoms with Gasteiger partial charge < -0.3 is 19.7 Å². The average molecular weight is 347 g/mol. The number of ether oxygens (including phenoxy) is 2. The van der Waals surface area contributed by atoms with Crippen molar-refractivity contribution in [3.8, 4) is 11.5 Å². The van der Waals surface area contributed by atoms with E-state index in [0.717, 1.165) is 42.3 Å². The molecule has 2 aromatic carbocycles. The minimum Gasteiger partial charge on any atom is -0.454 e. The van der Waals surface area contributed by atoms with E-state index in [1.165, 1.54) is 5.56 Å². The Labute approximate surface area is 150 Å². The molecule has 2 aliphatic heterocycles. The van der Waals surface area contributed by atoms with Gasteiger partial charge in [-0.2, -0.15) is 10.1 Å². The number of hydrogen-bond acceptors (Lipinski definition) is 7. The summed E-state index contributed by atoms with van der Waals surface area (Å²) >= 11 is 0. The van der Waals surface area contributed by atoms with Crippen LogP contribution in [0.1, 0.15) is 12.0 Å². The van der Waals surface area contributed by atoms with E-state index < -0.39 is 0 Å². The monoisotopic (exact) mass is 347 g/mol. The van der Waals surface area contributed by atoms with E-state index in [0.29, 0.717) is 11.8 Å². The van der Waals surface area contributed by atoms with E-state index in [1.807, 2.05) is 24.3 Å². The number of hydrogen-bond donors (Lipinski definition) is 1. The molecule has 0 saturated heterocycles. The van der Waals surface area contributed by atoms with Gasteiger partial charge in [0.25, 0.3) is 5.95 Å². The molecule has 5 rings (SSSR count). The quantitative estimate of drug-likeness (QED) is 0.778. The Hall–Kier alpha value is -3.35. The average Bonchev–Trinajstić information content (AvgIpc) is 3.16. The van der Waals surface area contributed by atoms with E-state index in [4.69, 9.17) is 9.47 Å². The first kappa shape index (κ1) is 14.9. The molecule has 0 saturated carbocycles. The van der Waals surface area contributed by atoms with E-state index in [-0.39, 0.29) is 6.79 Å².